The number of nitrogens with one attached hydrogen (secondary N) is 1. The number of carbonyl (C=O) groups is 3. The second kappa shape index (κ2) is 10.4. The lowest BCUT2D eigenvalue weighted by atomic mass is 9.37. The SMILES string of the molecule is COC(=O)NC12CCC3C(CCC4C3(C)CCC3C(C)(C)C(OC(=O)CC(C)(C)C)CCC34C)C1=C(C(C)C)C(=O)C2. The summed E-state index contributed by atoms with van der Waals surface area (Å²) >= 11 is 0. The molecule has 236 valence electrons. The van der Waals surface area contributed by atoms with E-state index in [1.165, 1.54) is 19.1 Å². The lowest BCUT2D eigenvalue weighted by Gasteiger charge is -2.68. The van der Waals surface area contributed by atoms with Crippen molar-refractivity contribution in [1.29, 1.82) is 0 Å². The fraction of sp³-hybridized carbons (Fsp3) is 0.861. The number of hydrogen-bond acceptors (Lipinski definition) is 5. The average Bonchev–Trinajstić information content (AvgIpc) is 3.16. The number of amides is 1. The molecule has 0 aliphatic heterocycles. The van der Waals surface area contributed by atoms with E-state index in [4.69, 9.17) is 9.47 Å². The van der Waals surface area contributed by atoms with Gasteiger partial charge < -0.3 is 14.8 Å². The van der Waals surface area contributed by atoms with Crippen LogP contribution in [0.5, 0.6) is 0 Å². The molecule has 4 fully saturated rings. The number of ether oxygens (including phenoxy) is 2. The number of rotatable bonds is 4. The molecule has 0 bridgehead atoms. The van der Waals surface area contributed by atoms with Gasteiger partial charge in [-0.3, -0.25) is 9.59 Å². The maximum absolute atomic E-state index is 13.5. The van der Waals surface area contributed by atoms with E-state index in [-0.39, 0.29) is 45.4 Å². The predicted molar refractivity (Wildman–Crippen MR) is 165 cm³/mol. The van der Waals surface area contributed by atoms with Crippen molar-refractivity contribution < 1.29 is 23.9 Å². The Morgan fingerprint density at radius 1 is 0.929 bits per heavy atom. The number of ketones is 1. The predicted octanol–water partition coefficient (Wildman–Crippen LogP) is 8.03. The van der Waals surface area contributed by atoms with Gasteiger partial charge in [0.05, 0.1) is 19.1 Å². The standard InChI is InChI=1S/C36H57NO5/c1-21(2)29-24(38)19-36(37-31(40)41-10)18-13-23-22(30(29)36)11-12-26-34(23,8)16-14-25-33(6,7)27(15-17-35(25,26)9)42-28(39)20-32(3,4)5/h21-23,25-27H,11-20H2,1-10H3,(H,37,40). The summed E-state index contributed by atoms with van der Waals surface area (Å²) in [5, 5.41) is 3.19. The average molecular weight is 584 g/mol. The second-order valence-electron chi connectivity index (χ2n) is 17.3. The molecule has 0 saturated heterocycles. The monoisotopic (exact) mass is 583 g/mol. The molecule has 1 N–H and O–H groups in total. The molecule has 6 heteroatoms. The maximum Gasteiger partial charge on any atom is 0.407 e. The molecule has 42 heavy (non-hydrogen) atoms. The number of carbonyl (C=O) groups excluding carboxylic acids is 3. The normalized spacial score (nSPS) is 40.9. The van der Waals surface area contributed by atoms with Crippen molar-refractivity contribution >= 4 is 17.8 Å². The van der Waals surface area contributed by atoms with Gasteiger partial charge in [-0.25, -0.2) is 4.79 Å². The zero-order chi connectivity index (χ0) is 31.0. The molecule has 5 aliphatic carbocycles. The number of Topliss-reactive ketones (excluding diaryl/α,β-unsaturated/α-hetero) is 1. The van der Waals surface area contributed by atoms with Crippen LogP contribution in [0.3, 0.4) is 0 Å². The third-order valence-electron chi connectivity index (χ3n) is 13.0. The summed E-state index contributed by atoms with van der Waals surface area (Å²) in [6, 6.07) is 0. The van der Waals surface area contributed by atoms with Gasteiger partial charge in [0, 0.05) is 11.8 Å². The number of fused-ring (bicyclic) bond motifs is 7. The first-order valence-electron chi connectivity index (χ1n) is 16.7. The zero-order valence-electron chi connectivity index (χ0n) is 28.1. The highest BCUT2D eigenvalue weighted by Gasteiger charge is 2.67. The molecular formula is C36H57NO5. The number of allylic oxidation sites excluding steroid dienone is 1. The van der Waals surface area contributed by atoms with Crippen LogP contribution in [0.25, 0.3) is 0 Å². The molecule has 8 unspecified atom stereocenters. The summed E-state index contributed by atoms with van der Waals surface area (Å²) in [7, 11) is 1.41. The van der Waals surface area contributed by atoms with E-state index in [0.29, 0.717) is 36.5 Å². The number of methoxy groups -OCH3 is 1. The minimum atomic E-state index is -0.591. The van der Waals surface area contributed by atoms with E-state index in [1.54, 1.807) is 0 Å². The summed E-state index contributed by atoms with van der Waals surface area (Å²) in [6.45, 7) is 20.4. The van der Waals surface area contributed by atoms with Crippen LogP contribution in [0.15, 0.2) is 11.1 Å². The van der Waals surface area contributed by atoms with Crippen LogP contribution in [0.1, 0.15) is 127 Å². The molecule has 0 spiro atoms. The molecule has 5 aliphatic rings. The third kappa shape index (κ3) is 4.85. The van der Waals surface area contributed by atoms with Crippen LogP contribution in [-0.2, 0) is 19.1 Å². The van der Waals surface area contributed by atoms with Gasteiger partial charge in [-0.05, 0) is 108 Å². The molecule has 0 radical (unpaired) electrons. The molecule has 0 aromatic carbocycles. The summed E-state index contributed by atoms with van der Waals surface area (Å²) in [6.07, 6.45) is 8.75. The Morgan fingerprint density at radius 2 is 1.60 bits per heavy atom. The van der Waals surface area contributed by atoms with E-state index in [9.17, 15) is 14.4 Å². The number of alkyl carbamates (subject to hydrolysis) is 1. The Balaban J connectivity index is 1.44. The van der Waals surface area contributed by atoms with Crippen molar-refractivity contribution in [3.8, 4) is 0 Å². The minimum absolute atomic E-state index is 0.0333. The molecule has 6 nitrogen and oxygen atoms in total. The summed E-state index contributed by atoms with van der Waals surface area (Å²) < 4.78 is 11.3. The molecule has 0 heterocycles. The number of esters is 1. The first-order valence-corrected chi connectivity index (χ1v) is 16.7. The summed E-state index contributed by atoms with van der Waals surface area (Å²) in [5.41, 5.74) is 1.84. The Bertz CT molecular complexity index is 1160. The first kappa shape index (κ1) is 31.6. The van der Waals surface area contributed by atoms with Crippen LogP contribution < -0.4 is 5.32 Å². The van der Waals surface area contributed by atoms with E-state index in [0.717, 1.165) is 50.5 Å². The van der Waals surface area contributed by atoms with E-state index < -0.39 is 11.6 Å². The van der Waals surface area contributed by atoms with Gasteiger partial charge in [0.2, 0.25) is 0 Å². The van der Waals surface area contributed by atoms with Crippen molar-refractivity contribution in [1.82, 2.24) is 5.32 Å². The highest BCUT2D eigenvalue weighted by Crippen LogP contribution is 2.72. The van der Waals surface area contributed by atoms with Gasteiger partial charge in [-0.15, -0.1) is 0 Å². The summed E-state index contributed by atoms with van der Waals surface area (Å²) in [4.78, 5) is 39.0. The van der Waals surface area contributed by atoms with Crippen LogP contribution in [0.2, 0.25) is 0 Å². The topological polar surface area (TPSA) is 81.7 Å². The molecule has 5 rings (SSSR count). The van der Waals surface area contributed by atoms with Crippen molar-refractivity contribution in [2.45, 2.75) is 138 Å². The highest BCUT2D eigenvalue weighted by molar-refractivity contribution is 6.02. The number of hydrogen-bond donors (Lipinski definition) is 1. The van der Waals surface area contributed by atoms with Gasteiger partial charge >= 0.3 is 12.1 Å². The third-order valence-corrected chi connectivity index (χ3v) is 13.0. The Kier molecular flexibility index (Phi) is 7.79. The lowest BCUT2D eigenvalue weighted by molar-refractivity contribution is -0.213. The van der Waals surface area contributed by atoms with Gasteiger partial charge in [0.15, 0.2) is 5.78 Å². The van der Waals surface area contributed by atoms with Gasteiger partial charge in [-0.2, -0.15) is 0 Å². The molecule has 4 saturated carbocycles. The van der Waals surface area contributed by atoms with Crippen molar-refractivity contribution in [2.75, 3.05) is 7.11 Å². The van der Waals surface area contributed by atoms with E-state index >= 15 is 0 Å². The Morgan fingerprint density at radius 3 is 2.21 bits per heavy atom. The molecule has 0 aromatic rings. The highest BCUT2D eigenvalue weighted by atomic mass is 16.5. The fourth-order valence-electron chi connectivity index (χ4n) is 11.5. The van der Waals surface area contributed by atoms with E-state index in [1.807, 2.05) is 0 Å². The van der Waals surface area contributed by atoms with Gasteiger partial charge in [-0.1, -0.05) is 62.3 Å². The van der Waals surface area contributed by atoms with Crippen molar-refractivity contribution in [3.05, 3.63) is 11.1 Å². The first-order chi connectivity index (χ1) is 19.4. The Labute approximate surface area is 254 Å². The lowest BCUT2D eigenvalue weighted by Crippen LogP contribution is -2.64. The van der Waals surface area contributed by atoms with Crippen molar-refractivity contribution in [2.24, 2.45) is 51.2 Å². The molecule has 0 aromatic heterocycles. The Hall–Kier alpha value is -1.85. The minimum Gasteiger partial charge on any atom is -0.462 e. The van der Waals surface area contributed by atoms with Crippen LogP contribution >= 0.6 is 0 Å². The quantitative estimate of drug-likeness (QED) is 0.339. The van der Waals surface area contributed by atoms with Gasteiger partial charge in [0.1, 0.15) is 6.10 Å². The summed E-state index contributed by atoms with van der Waals surface area (Å²) in [5.74, 6) is 2.21. The second-order valence-corrected chi connectivity index (χ2v) is 17.3. The molecular weight excluding hydrogens is 526 g/mol. The molecule has 8 atom stereocenters. The zero-order valence-corrected chi connectivity index (χ0v) is 28.1. The van der Waals surface area contributed by atoms with Crippen LogP contribution in [0.4, 0.5) is 4.79 Å². The largest absolute Gasteiger partial charge is 0.462 e. The maximum atomic E-state index is 13.5. The molecule has 1 amide bonds. The van der Waals surface area contributed by atoms with E-state index in [2.05, 4.69) is 67.6 Å². The fourth-order valence-corrected chi connectivity index (χ4v) is 11.5. The smallest absolute Gasteiger partial charge is 0.407 e. The van der Waals surface area contributed by atoms with Crippen LogP contribution in [-0.4, -0.2) is 36.6 Å². The van der Waals surface area contributed by atoms with Crippen molar-refractivity contribution in [3.63, 3.8) is 0 Å². The van der Waals surface area contributed by atoms with Gasteiger partial charge in [0.25, 0.3) is 0 Å². The van der Waals surface area contributed by atoms with Crippen LogP contribution in [0, 0.1) is 51.2 Å².